The van der Waals surface area contributed by atoms with Crippen molar-refractivity contribution in [2.24, 2.45) is 7.05 Å². The molecule has 162 valence electrons. The third-order valence-corrected chi connectivity index (χ3v) is 5.57. The number of methoxy groups -OCH3 is 1. The average Bonchev–Trinajstić information content (AvgIpc) is 3.09. The number of ether oxygens (including phenoxy) is 2. The van der Waals surface area contributed by atoms with Crippen molar-refractivity contribution >= 4 is 27.9 Å². The maximum Gasteiger partial charge on any atom is 0.246 e. The number of benzene rings is 2. The molecule has 1 aromatic heterocycles. The molecule has 0 unspecified atom stereocenters. The van der Waals surface area contributed by atoms with Crippen LogP contribution in [0.2, 0.25) is 0 Å². The summed E-state index contributed by atoms with van der Waals surface area (Å²) in [7, 11) is 5.25. The third-order valence-electron chi connectivity index (χ3n) is 4.91. The van der Waals surface area contributed by atoms with Crippen LogP contribution in [0.5, 0.6) is 11.5 Å². The van der Waals surface area contributed by atoms with Crippen LogP contribution in [0, 0.1) is 6.92 Å². The second kappa shape index (κ2) is 10.3. The third kappa shape index (κ3) is 5.98. The van der Waals surface area contributed by atoms with Crippen LogP contribution >= 0.6 is 15.9 Å². The predicted molar refractivity (Wildman–Crippen MR) is 125 cm³/mol. The van der Waals surface area contributed by atoms with Crippen molar-refractivity contribution in [1.29, 1.82) is 0 Å². The summed E-state index contributed by atoms with van der Waals surface area (Å²) in [6, 6.07) is 13.7. The highest BCUT2D eigenvalue weighted by molar-refractivity contribution is 9.10. The lowest BCUT2D eigenvalue weighted by atomic mass is 10.1. The summed E-state index contributed by atoms with van der Waals surface area (Å²) in [5, 5.41) is 4.18. The van der Waals surface area contributed by atoms with Gasteiger partial charge < -0.3 is 14.4 Å². The Morgan fingerprint density at radius 1 is 1.23 bits per heavy atom. The number of carbonyl (C=O) groups excluding carboxylic acids is 1. The van der Waals surface area contributed by atoms with Crippen LogP contribution in [0.25, 0.3) is 6.08 Å². The van der Waals surface area contributed by atoms with Crippen LogP contribution in [-0.4, -0.2) is 34.7 Å². The number of amides is 1. The monoisotopic (exact) mass is 483 g/mol. The van der Waals surface area contributed by atoms with Crippen LogP contribution in [-0.2, 0) is 25.0 Å². The number of carbonyl (C=O) groups is 1. The van der Waals surface area contributed by atoms with Gasteiger partial charge in [0, 0.05) is 25.7 Å². The molecule has 1 amide bonds. The van der Waals surface area contributed by atoms with Crippen LogP contribution in [0.4, 0.5) is 0 Å². The molecule has 0 saturated heterocycles. The van der Waals surface area contributed by atoms with Gasteiger partial charge in [0.05, 0.1) is 30.0 Å². The van der Waals surface area contributed by atoms with Gasteiger partial charge in [-0.25, -0.2) is 0 Å². The largest absolute Gasteiger partial charge is 0.496 e. The lowest BCUT2D eigenvalue weighted by molar-refractivity contribution is -0.125. The molecule has 3 rings (SSSR count). The van der Waals surface area contributed by atoms with E-state index in [1.165, 1.54) is 5.56 Å². The quantitative estimate of drug-likeness (QED) is 0.433. The second-order valence-corrected chi connectivity index (χ2v) is 8.12. The molecule has 0 atom stereocenters. The van der Waals surface area contributed by atoms with Gasteiger partial charge in [-0.2, -0.15) is 5.10 Å². The molecule has 0 N–H and O–H groups in total. The van der Waals surface area contributed by atoms with E-state index in [-0.39, 0.29) is 5.91 Å². The molecule has 0 bridgehead atoms. The average molecular weight is 484 g/mol. The van der Waals surface area contributed by atoms with E-state index in [0.717, 1.165) is 32.8 Å². The van der Waals surface area contributed by atoms with Crippen LogP contribution < -0.4 is 9.47 Å². The predicted octanol–water partition coefficient (Wildman–Crippen LogP) is 4.75. The van der Waals surface area contributed by atoms with E-state index < -0.39 is 0 Å². The number of likely N-dealkylation sites (N-methyl/N-ethyl adjacent to an activating group) is 1. The summed E-state index contributed by atoms with van der Waals surface area (Å²) in [6.07, 6.45) is 5.09. The van der Waals surface area contributed by atoms with E-state index in [4.69, 9.17) is 9.47 Å². The summed E-state index contributed by atoms with van der Waals surface area (Å²) in [5.41, 5.74) is 3.92. The Hall–Kier alpha value is -3.06. The molecular formula is C24H26BrN3O3. The molecular weight excluding hydrogens is 458 g/mol. The van der Waals surface area contributed by atoms with Gasteiger partial charge in [0.15, 0.2) is 0 Å². The molecule has 0 aliphatic carbocycles. The Balaban J connectivity index is 1.67. The lowest BCUT2D eigenvalue weighted by Gasteiger charge is -2.15. The SMILES string of the molecule is COc1ccc(/C=C/C(=O)N(C)Cc2c(Br)cnn2C)cc1COc1ccc(C)cc1. The summed E-state index contributed by atoms with van der Waals surface area (Å²) in [5.74, 6) is 1.45. The number of rotatable bonds is 8. The molecule has 0 aliphatic rings. The van der Waals surface area contributed by atoms with Crippen molar-refractivity contribution in [1.82, 2.24) is 14.7 Å². The Morgan fingerprint density at radius 3 is 2.61 bits per heavy atom. The fourth-order valence-corrected chi connectivity index (χ4v) is 3.50. The van der Waals surface area contributed by atoms with E-state index in [0.29, 0.717) is 13.2 Å². The number of aryl methyl sites for hydroxylation is 2. The molecule has 1 heterocycles. The van der Waals surface area contributed by atoms with Crippen LogP contribution in [0.15, 0.2) is 59.2 Å². The highest BCUT2D eigenvalue weighted by atomic mass is 79.9. The van der Waals surface area contributed by atoms with Crippen molar-refractivity contribution in [3.8, 4) is 11.5 Å². The number of halogens is 1. The maximum atomic E-state index is 12.6. The molecule has 3 aromatic rings. The summed E-state index contributed by atoms with van der Waals surface area (Å²) < 4.78 is 14.0. The number of hydrogen-bond donors (Lipinski definition) is 0. The lowest BCUT2D eigenvalue weighted by Crippen LogP contribution is -2.25. The first-order valence-electron chi connectivity index (χ1n) is 9.83. The van der Waals surface area contributed by atoms with Crippen molar-refractivity contribution < 1.29 is 14.3 Å². The first-order chi connectivity index (χ1) is 14.9. The Morgan fingerprint density at radius 2 is 1.97 bits per heavy atom. The first-order valence-corrected chi connectivity index (χ1v) is 10.6. The Labute approximate surface area is 191 Å². The number of aromatic nitrogens is 2. The van der Waals surface area contributed by atoms with Crippen molar-refractivity contribution in [2.45, 2.75) is 20.1 Å². The van der Waals surface area contributed by atoms with E-state index in [1.54, 1.807) is 42.1 Å². The molecule has 31 heavy (non-hydrogen) atoms. The van der Waals surface area contributed by atoms with Gasteiger partial charge in [0.25, 0.3) is 0 Å². The van der Waals surface area contributed by atoms with Crippen molar-refractivity contribution in [3.63, 3.8) is 0 Å². The second-order valence-electron chi connectivity index (χ2n) is 7.26. The minimum atomic E-state index is -0.0960. The molecule has 2 aromatic carbocycles. The molecule has 0 saturated carbocycles. The van der Waals surface area contributed by atoms with Gasteiger partial charge in [-0.15, -0.1) is 0 Å². The van der Waals surface area contributed by atoms with Gasteiger partial charge in [-0.05, 0) is 58.8 Å². The zero-order valence-electron chi connectivity index (χ0n) is 18.1. The standard InChI is InChI=1S/C24H26BrN3O3/c1-17-5-9-20(10-6-17)31-16-19-13-18(7-11-23(19)30-4)8-12-24(29)27(2)15-22-21(25)14-26-28(22)3/h5-14H,15-16H2,1-4H3/b12-8+. The fraction of sp³-hybridized carbons (Fsp3) is 0.250. The molecule has 0 radical (unpaired) electrons. The van der Waals surface area contributed by atoms with E-state index >= 15 is 0 Å². The van der Waals surface area contributed by atoms with E-state index in [9.17, 15) is 4.79 Å². The topological polar surface area (TPSA) is 56.6 Å². The molecule has 7 heteroatoms. The normalized spacial score (nSPS) is 11.0. The van der Waals surface area contributed by atoms with Crippen molar-refractivity contribution in [3.05, 3.63) is 81.6 Å². The Kier molecular flexibility index (Phi) is 7.52. The number of nitrogens with zero attached hydrogens (tertiary/aromatic N) is 3. The fourth-order valence-electron chi connectivity index (χ4n) is 3.02. The molecule has 0 fully saturated rings. The molecule has 6 nitrogen and oxygen atoms in total. The van der Waals surface area contributed by atoms with E-state index in [1.807, 2.05) is 56.4 Å². The summed E-state index contributed by atoms with van der Waals surface area (Å²) >= 11 is 3.46. The minimum Gasteiger partial charge on any atom is -0.496 e. The Bertz CT molecular complexity index is 1050. The summed E-state index contributed by atoms with van der Waals surface area (Å²) in [4.78, 5) is 14.2. The molecule has 0 aliphatic heterocycles. The van der Waals surface area contributed by atoms with Gasteiger partial charge in [-0.1, -0.05) is 23.8 Å². The van der Waals surface area contributed by atoms with Crippen molar-refractivity contribution in [2.75, 3.05) is 14.2 Å². The van der Waals surface area contributed by atoms with Gasteiger partial charge in [0.2, 0.25) is 5.91 Å². The zero-order chi connectivity index (χ0) is 22.4. The molecule has 0 spiro atoms. The highest BCUT2D eigenvalue weighted by Gasteiger charge is 2.12. The van der Waals surface area contributed by atoms with E-state index in [2.05, 4.69) is 21.0 Å². The minimum absolute atomic E-state index is 0.0960. The first kappa shape index (κ1) is 22.6. The van der Waals surface area contributed by atoms with Gasteiger partial charge in [0.1, 0.15) is 18.1 Å². The zero-order valence-corrected chi connectivity index (χ0v) is 19.7. The number of hydrogen-bond acceptors (Lipinski definition) is 4. The maximum absolute atomic E-state index is 12.6. The van der Waals surface area contributed by atoms with Crippen LogP contribution in [0.1, 0.15) is 22.4 Å². The summed E-state index contributed by atoms with van der Waals surface area (Å²) in [6.45, 7) is 2.87. The van der Waals surface area contributed by atoms with Gasteiger partial charge >= 0.3 is 0 Å². The smallest absolute Gasteiger partial charge is 0.246 e. The van der Waals surface area contributed by atoms with Gasteiger partial charge in [-0.3, -0.25) is 9.48 Å². The van der Waals surface area contributed by atoms with Crippen LogP contribution in [0.3, 0.4) is 0 Å². The highest BCUT2D eigenvalue weighted by Crippen LogP contribution is 2.23.